The number of carbonyl (C=O) groups excluding carboxylic acids is 1. The van der Waals surface area contributed by atoms with E-state index >= 15 is 0 Å². The number of hydrogen-bond acceptors (Lipinski definition) is 2. The van der Waals surface area contributed by atoms with Gasteiger partial charge in [0, 0.05) is 13.1 Å². The van der Waals surface area contributed by atoms with Gasteiger partial charge in [-0.2, -0.15) is 0 Å². The number of aliphatic hydroxyl groups excluding tert-OH is 1. The van der Waals surface area contributed by atoms with Crippen LogP contribution in [0.1, 0.15) is 19.8 Å². The fourth-order valence-electron chi connectivity index (χ4n) is 1.44. The zero-order chi connectivity index (χ0) is 8.97. The second kappa shape index (κ2) is 4.30. The maximum atomic E-state index is 11.3. The second-order valence-electron chi connectivity index (χ2n) is 3.02. The Labute approximate surface area is 72.6 Å². The molecular weight excluding hydrogens is 156 g/mol. The molecule has 1 heterocycles. The molecule has 1 unspecified atom stereocenters. The molecule has 0 radical (unpaired) electrons. The largest absolute Gasteiger partial charge is 0.394 e. The molecule has 2 amide bonds. The minimum Gasteiger partial charge on any atom is -0.394 e. The SMILES string of the molecule is CCC(CO)N1CCCNC1=O. The Kier molecular flexibility index (Phi) is 3.34. The second-order valence-corrected chi connectivity index (χ2v) is 3.02. The Morgan fingerprint density at radius 2 is 2.50 bits per heavy atom. The Hall–Kier alpha value is -0.770. The summed E-state index contributed by atoms with van der Waals surface area (Å²) in [4.78, 5) is 13.0. The minimum atomic E-state index is -0.0397. The van der Waals surface area contributed by atoms with Crippen molar-refractivity contribution in [1.82, 2.24) is 10.2 Å². The Balaban J connectivity index is 2.51. The van der Waals surface area contributed by atoms with E-state index in [-0.39, 0.29) is 18.7 Å². The fraction of sp³-hybridized carbons (Fsp3) is 0.875. The summed E-state index contributed by atoms with van der Waals surface area (Å²) in [5, 5.41) is 11.7. The van der Waals surface area contributed by atoms with Crippen molar-refractivity contribution in [1.29, 1.82) is 0 Å². The number of amides is 2. The number of aliphatic hydroxyl groups is 1. The number of hydrogen-bond donors (Lipinski definition) is 2. The van der Waals surface area contributed by atoms with Gasteiger partial charge in [0.15, 0.2) is 0 Å². The van der Waals surface area contributed by atoms with Crippen molar-refractivity contribution in [3.63, 3.8) is 0 Å². The minimum absolute atomic E-state index is 0.00898. The van der Waals surface area contributed by atoms with Crippen LogP contribution in [0.3, 0.4) is 0 Å². The highest BCUT2D eigenvalue weighted by Crippen LogP contribution is 2.07. The third-order valence-corrected chi connectivity index (χ3v) is 2.24. The van der Waals surface area contributed by atoms with Gasteiger partial charge in [-0.25, -0.2) is 4.79 Å². The number of nitrogens with one attached hydrogen (secondary N) is 1. The van der Waals surface area contributed by atoms with Crippen LogP contribution in [-0.2, 0) is 0 Å². The van der Waals surface area contributed by atoms with Gasteiger partial charge >= 0.3 is 6.03 Å². The molecule has 2 N–H and O–H groups in total. The summed E-state index contributed by atoms with van der Waals surface area (Å²) in [5.74, 6) is 0. The lowest BCUT2D eigenvalue weighted by Crippen LogP contribution is -2.52. The van der Waals surface area contributed by atoms with E-state index in [1.54, 1.807) is 4.90 Å². The Morgan fingerprint density at radius 1 is 1.75 bits per heavy atom. The molecule has 1 fully saturated rings. The van der Waals surface area contributed by atoms with Crippen molar-refractivity contribution < 1.29 is 9.90 Å². The molecule has 4 nitrogen and oxygen atoms in total. The van der Waals surface area contributed by atoms with Gasteiger partial charge in [0.25, 0.3) is 0 Å². The standard InChI is InChI=1S/C8H16N2O2/c1-2-7(6-11)10-5-3-4-9-8(10)12/h7,11H,2-6H2,1H3,(H,9,12). The molecule has 1 rings (SSSR count). The van der Waals surface area contributed by atoms with Gasteiger partial charge in [-0.05, 0) is 12.8 Å². The smallest absolute Gasteiger partial charge is 0.317 e. The summed E-state index contributed by atoms with van der Waals surface area (Å²) in [6.45, 7) is 3.56. The maximum Gasteiger partial charge on any atom is 0.317 e. The lowest BCUT2D eigenvalue weighted by Gasteiger charge is -2.33. The highest BCUT2D eigenvalue weighted by molar-refractivity contribution is 5.75. The maximum absolute atomic E-state index is 11.3. The molecule has 0 aromatic carbocycles. The first kappa shape index (κ1) is 9.32. The van der Waals surface area contributed by atoms with E-state index in [0.717, 1.165) is 25.9 Å². The summed E-state index contributed by atoms with van der Waals surface area (Å²) in [5.41, 5.74) is 0. The molecule has 1 aliphatic heterocycles. The van der Waals surface area contributed by atoms with Crippen LogP contribution in [0.25, 0.3) is 0 Å². The Morgan fingerprint density at radius 3 is 3.00 bits per heavy atom. The number of rotatable bonds is 3. The van der Waals surface area contributed by atoms with Crippen LogP contribution in [0.15, 0.2) is 0 Å². The summed E-state index contributed by atoms with van der Waals surface area (Å²) in [6, 6.07) is -0.0487. The third kappa shape index (κ3) is 1.88. The van der Waals surface area contributed by atoms with Gasteiger partial charge in [-0.1, -0.05) is 6.92 Å². The van der Waals surface area contributed by atoms with E-state index in [0.29, 0.717) is 0 Å². The van der Waals surface area contributed by atoms with Crippen molar-refractivity contribution in [3.05, 3.63) is 0 Å². The van der Waals surface area contributed by atoms with Gasteiger partial charge in [0.2, 0.25) is 0 Å². The normalized spacial score (nSPS) is 20.5. The van der Waals surface area contributed by atoms with Crippen LogP contribution < -0.4 is 5.32 Å². The van der Waals surface area contributed by atoms with Crippen LogP contribution in [0, 0.1) is 0 Å². The molecule has 0 spiro atoms. The van der Waals surface area contributed by atoms with Crippen LogP contribution in [0.2, 0.25) is 0 Å². The average molecular weight is 172 g/mol. The highest BCUT2D eigenvalue weighted by atomic mass is 16.3. The zero-order valence-electron chi connectivity index (χ0n) is 7.42. The van der Waals surface area contributed by atoms with Crippen molar-refractivity contribution in [3.8, 4) is 0 Å². The lowest BCUT2D eigenvalue weighted by molar-refractivity contribution is 0.120. The zero-order valence-corrected chi connectivity index (χ0v) is 7.42. The van der Waals surface area contributed by atoms with Crippen molar-refractivity contribution in [2.24, 2.45) is 0 Å². The summed E-state index contributed by atoms with van der Waals surface area (Å²) in [7, 11) is 0. The van der Waals surface area contributed by atoms with Gasteiger partial charge in [-0.15, -0.1) is 0 Å². The van der Waals surface area contributed by atoms with Crippen molar-refractivity contribution in [2.75, 3.05) is 19.7 Å². The van der Waals surface area contributed by atoms with E-state index in [9.17, 15) is 4.79 Å². The topological polar surface area (TPSA) is 52.6 Å². The van der Waals surface area contributed by atoms with Crippen LogP contribution in [-0.4, -0.2) is 41.8 Å². The first-order chi connectivity index (χ1) is 5.79. The van der Waals surface area contributed by atoms with Crippen molar-refractivity contribution in [2.45, 2.75) is 25.8 Å². The molecule has 1 saturated heterocycles. The van der Waals surface area contributed by atoms with Gasteiger partial charge < -0.3 is 15.3 Å². The van der Waals surface area contributed by atoms with E-state index in [1.807, 2.05) is 6.92 Å². The quantitative estimate of drug-likeness (QED) is 0.637. The molecule has 0 aliphatic carbocycles. The van der Waals surface area contributed by atoms with Crippen LogP contribution >= 0.6 is 0 Å². The van der Waals surface area contributed by atoms with Gasteiger partial charge in [0.05, 0.1) is 12.6 Å². The molecule has 0 aromatic heterocycles. The van der Waals surface area contributed by atoms with E-state index in [1.165, 1.54) is 0 Å². The molecule has 1 aliphatic rings. The number of carbonyl (C=O) groups is 1. The first-order valence-electron chi connectivity index (χ1n) is 4.45. The van der Waals surface area contributed by atoms with Gasteiger partial charge in [0.1, 0.15) is 0 Å². The fourth-order valence-corrected chi connectivity index (χ4v) is 1.44. The monoisotopic (exact) mass is 172 g/mol. The average Bonchev–Trinajstić information content (AvgIpc) is 2.10. The predicted molar refractivity (Wildman–Crippen MR) is 45.9 cm³/mol. The molecule has 70 valence electrons. The molecule has 0 bridgehead atoms. The summed E-state index contributed by atoms with van der Waals surface area (Å²) < 4.78 is 0. The predicted octanol–water partition coefficient (Wildman–Crippen LogP) is 0.173. The molecule has 0 aromatic rings. The lowest BCUT2D eigenvalue weighted by atomic mass is 10.2. The van der Waals surface area contributed by atoms with Gasteiger partial charge in [-0.3, -0.25) is 0 Å². The van der Waals surface area contributed by atoms with Crippen LogP contribution in [0.5, 0.6) is 0 Å². The molecule has 0 saturated carbocycles. The van der Waals surface area contributed by atoms with Crippen molar-refractivity contribution >= 4 is 6.03 Å². The Bertz CT molecular complexity index is 157. The highest BCUT2D eigenvalue weighted by Gasteiger charge is 2.23. The summed E-state index contributed by atoms with van der Waals surface area (Å²) in [6.07, 6.45) is 1.78. The van der Waals surface area contributed by atoms with E-state index < -0.39 is 0 Å². The molecule has 12 heavy (non-hydrogen) atoms. The third-order valence-electron chi connectivity index (χ3n) is 2.24. The number of urea groups is 1. The van der Waals surface area contributed by atoms with Crippen LogP contribution in [0.4, 0.5) is 4.79 Å². The summed E-state index contributed by atoms with van der Waals surface area (Å²) >= 11 is 0. The van der Waals surface area contributed by atoms with E-state index in [2.05, 4.69) is 5.32 Å². The van der Waals surface area contributed by atoms with E-state index in [4.69, 9.17) is 5.11 Å². The first-order valence-corrected chi connectivity index (χ1v) is 4.45. The molecule has 1 atom stereocenters. The molecule has 4 heteroatoms. The number of nitrogens with zero attached hydrogens (tertiary/aromatic N) is 1. The molecular formula is C8H16N2O2.